The maximum Gasteiger partial charge on any atom is 0.236 e. The minimum atomic E-state index is -0.617. The minimum absolute atomic E-state index is 0.0585. The van der Waals surface area contributed by atoms with Crippen molar-refractivity contribution in [1.82, 2.24) is 0 Å². The van der Waals surface area contributed by atoms with E-state index >= 15 is 0 Å². The van der Waals surface area contributed by atoms with E-state index < -0.39 is 5.41 Å². The van der Waals surface area contributed by atoms with E-state index in [-0.39, 0.29) is 18.2 Å². The molecule has 1 aliphatic heterocycles. The zero-order valence-electron chi connectivity index (χ0n) is 19.0. The maximum atomic E-state index is 13.1. The number of methoxy groups -OCH3 is 1. The van der Waals surface area contributed by atoms with Crippen molar-refractivity contribution in [3.63, 3.8) is 0 Å². The summed E-state index contributed by atoms with van der Waals surface area (Å²) in [6, 6.07) is 12.9. The largest absolute Gasteiger partial charge is 0.497 e. The molecule has 0 aromatic heterocycles. The summed E-state index contributed by atoms with van der Waals surface area (Å²) in [7, 11) is 1.61. The van der Waals surface area contributed by atoms with Crippen LogP contribution < -0.4 is 19.7 Å². The third-order valence-electron chi connectivity index (χ3n) is 5.40. The summed E-state index contributed by atoms with van der Waals surface area (Å²) in [5, 5.41) is 2.93. The van der Waals surface area contributed by atoms with Gasteiger partial charge in [0.1, 0.15) is 18.1 Å². The molecule has 1 aliphatic rings. The summed E-state index contributed by atoms with van der Waals surface area (Å²) in [6.45, 7) is 9.03. The first-order valence-corrected chi connectivity index (χ1v) is 10.7. The molecule has 166 valence electrons. The first kappa shape index (κ1) is 22.7. The Morgan fingerprint density at radius 3 is 2.55 bits per heavy atom. The molecule has 0 saturated carbocycles. The Labute approximate surface area is 184 Å². The monoisotopic (exact) mass is 424 g/mol. The van der Waals surface area contributed by atoms with Crippen LogP contribution in [0.15, 0.2) is 42.5 Å². The van der Waals surface area contributed by atoms with Crippen molar-refractivity contribution >= 4 is 23.2 Å². The second-order valence-corrected chi connectivity index (χ2v) is 9.07. The average Bonchev–Trinajstić information content (AvgIpc) is 2.82. The zero-order valence-corrected chi connectivity index (χ0v) is 19.0. The van der Waals surface area contributed by atoms with Crippen molar-refractivity contribution in [2.45, 2.75) is 40.5 Å². The number of carbonyl (C=O) groups excluding carboxylic acids is 2. The number of amides is 2. The van der Waals surface area contributed by atoms with Gasteiger partial charge in [-0.2, -0.15) is 0 Å². The van der Waals surface area contributed by atoms with Gasteiger partial charge >= 0.3 is 0 Å². The Bertz CT molecular complexity index is 935. The fourth-order valence-electron chi connectivity index (χ4n) is 3.47. The van der Waals surface area contributed by atoms with Crippen molar-refractivity contribution in [2.24, 2.45) is 11.3 Å². The van der Waals surface area contributed by atoms with Gasteiger partial charge in [-0.05, 0) is 56.0 Å². The fourth-order valence-corrected chi connectivity index (χ4v) is 3.47. The summed E-state index contributed by atoms with van der Waals surface area (Å²) in [6.07, 6.45) is 1.16. The summed E-state index contributed by atoms with van der Waals surface area (Å²) in [5.41, 5.74) is 1.68. The lowest BCUT2D eigenvalue weighted by Crippen LogP contribution is -2.42. The highest BCUT2D eigenvalue weighted by molar-refractivity contribution is 6.00. The van der Waals surface area contributed by atoms with Gasteiger partial charge in [0.05, 0.1) is 24.6 Å². The smallest absolute Gasteiger partial charge is 0.236 e. The zero-order chi connectivity index (χ0) is 22.6. The Kier molecular flexibility index (Phi) is 6.88. The number of benzene rings is 2. The Morgan fingerprint density at radius 2 is 1.90 bits per heavy atom. The van der Waals surface area contributed by atoms with E-state index in [2.05, 4.69) is 19.2 Å². The van der Waals surface area contributed by atoms with Gasteiger partial charge in [-0.15, -0.1) is 0 Å². The Morgan fingerprint density at radius 1 is 1.19 bits per heavy atom. The molecule has 1 N–H and O–H groups in total. The molecule has 2 aromatic carbocycles. The molecule has 0 aliphatic carbocycles. The molecule has 6 nitrogen and oxygen atoms in total. The molecule has 31 heavy (non-hydrogen) atoms. The number of carbonyl (C=O) groups is 2. The number of hydrogen-bond acceptors (Lipinski definition) is 4. The molecule has 0 radical (unpaired) electrons. The first-order valence-electron chi connectivity index (χ1n) is 10.7. The normalized spacial score (nSPS) is 15.2. The van der Waals surface area contributed by atoms with Gasteiger partial charge < -0.3 is 19.7 Å². The van der Waals surface area contributed by atoms with Crippen LogP contribution in [-0.2, 0) is 16.0 Å². The van der Waals surface area contributed by atoms with Crippen molar-refractivity contribution < 1.29 is 19.1 Å². The van der Waals surface area contributed by atoms with Crippen LogP contribution in [0.2, 0.25) is 0 Å². The molecule has 1 heterocycles. The van der Waals surface area contributed by atoms with Crippen molar-refractivity contribution in [1.29, 1.82) is 0 Å². The van der Waals surface area contributed by atoms with Crippen LogP contribution in [0.4, 0.5) is 11.4 Å². The van der Waals surface area contributed by atoms with Crippen LogP contribution in [0.3, 0.4) is 0 Å². The number of nitrogens with zero attached hydrogens (tertiary/aromatic N) is 1. The molecule has 6 heteroatoms. The molecule has 0 spiro atoms. The molecule has 2 amide bonds. The molecule has 0 atom stereocenters. The third kappa shape index (κ3) is 5.57. The fraction of sp³-hybridized carbons (Fsp3) is 0.440. The van der Waals surface area contributed by atoms with E-state index in [9.17, 15) is 9.59 Å². The summed E-state index contributed by atoms with van der Waals surface area (Å²) < 4.78 is 11.2. The molecule has 0 fully saturated rings. The van der Waals surface area contributed by atoms with Crippen LogP contribution in [0.5, 0.6) is 11.5 Å². The molecule has 0 bridgehead atoms. The van der Waals surface area contributed by atoms with E-state index in [1.54, 1.807) is 13.2 Å². The van der Waals surface area contributed by atoms with Crippen LogP contribution in [0.1, 0.15) is 39.7 Å². The molecule has 0 unspecified atom stereocenters. The third-order valence-corrected chi connectivity index (χ3v) is 5.40. The van der Waals surface area contributed by atoms with Crippen LogP contribution in [0, 0.1) is 11.3 Å². The maximum absolute atomic E-state index is 13.1. The average molecular weight is 425 g/mol. The summed E-state index contributed by atoms with van der Waals surface area (Å²) in [5.74, 6) is 1.80. The van der Waals surface area contributed by atoms with Crippen LogP contribution in [0.25, 0.3) is 0 Å². The van der Waals surface area contributed by atoms with Gasteiger partial charge in [-0.25, -0.2) is 0 Å². The molecule has 0 saturated heterocycles. The lowest BCUT2D eigenvalue weighted by Gasteiger charge is -2.28. The molecule has 2 aromatic rings. The van der Waals surface area contributed by atoms with Gasteiger partial charge in [-0.1, -0.05) is 26.0 Å². The highest BCUT2D eigenvalue weighted by Gasteiger charge is 2.37. The Balaban J connectivity index is 1.77. The van der Waals surface area contributed by atoms with Crippen LogP contribution >= 0.6 is 0 Å². The van der Waals surface area contributed by atoms with Gasteiger partial charge in [0.25, 0.3) is 0 Å². The molecular formula is C25H32N2O4. The van der Waals surface area contributed by atoms with Gasteiger partial charge in [0.15, 0.2) is 0 Å². The van der Waals surface area contributed by atoms with Crippen molar-refractivity contribution in [2.75, 3.05) is 30.5 Å². The molecule has 3 rings (SSSR count). The lowest BCUT2D eigenvalue weighted by molar-refractivity contribution is -0.127. The number of nitrogens with one attached hydrogen (secondary N) is 1. The predicted octanol–water partition coefficient (Wildman–Crippen LogP) is 4.67. The van der Waals surface area contributed by atoms with Crippen molar-refractivity contribution in [3.05, 3.63) is 48.0 Å². The van der Waals surface area contributed by atoms with Gasteiger partial charge in [0.2, 0.25) is 11.8 Å². The topological polar surface area (TPSA) is 67.9 Å². The number of rotatable bonds is 7. The van der Waals surface area contributed by atoms with Gasteiger partial charge in [0, 0.05) is 18.3 Å². The van der Waals surface area contributed by atoms with Crippen LogP contribution in [-0.4, -0.2) is 32.1 Å². The summed E-state index contributed by atoms with van der Waals surface area (Å²) in [4.78, 5) is 27.5. The number of fused-ring (bicyclic) bond motifs is 1. The van der Waals surface area contributed by atoms with E-state index in [0.29, 0.717) is 30.5 Å². The number of ether oxygens (including phenoxy) is 2. The minimum Gasteiger partial charge on any atom is -0.497 e. The standard InChI is InChI=1S/C25H32N2O4/c1-17(2)12-13-27-21-11-8-19(15-22(21)31-16-25(3,4)24(27)29)26-23(28)14-18-6-9-20(30-5)10-7-18/h6-11,15,17H,12-14,16H2,1-5H3,(H,26,28). The van der Waals surface area contributed by atoms with Gasteiger partial charge in [-0.3, -0.25) is 9.59 Å². The van der Waals surface area contributed by atoms with E-state index in [4.69, 9.17) is 9.47 Å². The molecular weight excluding hydrogens is 392 g/mol. The SMILES string of the molecule is COc1ccc(CC(=O)Nc2ccc3c(c2)OCC(C)(C)C(=O)N3CCC(C)C)cc1. The second-order valence-electron chi connectivity index (χ2n) is 9.07. The quantitative estimate of drug-likeness (QED) is 0.701. The van der Waals surface area contributed by atoms with E-state index in [0.717, 1.165) is 23.4 Å². The van der Waals surface area contributed by atoms with Crippen molar-refractivity contribution in [3.8, 4) is 11.5 Å². The number of hydrogen-bond donors (Lipinski definition) is 1. The number of anilines is 2. The highest BCUT2D eigenvalue weighted by atomic mass is 16.5. The summed E-state index contributed by atoms with van der Waals surface area (Å²) >= 11 is 0. The lowest BCUT2D eigenvalue weighted by atomic mass is 9.92. The Hall–Kier alpha value is -3.02. The predicted molar refractivity (Wildman–Crippen MR) is 123 cm³/mol. The highest BCUT2D eigenvalue weighted by Crippen LogP contribution is 2.38. The van der Waals surface area contributed by atoms with E-state index in [1.165, 1.54) is 0 Å². The van der Waals surface area contributed by atoms with E-state index in [1.807, 2.05) is 55.1 Å². The first-order chi connectivity index (χ1) is 14.7. The second kappa shape index (κ2) is 9.41.